The smallest absolute Gasteiger partial charge is 0.249 e. The third-order valence-corrected chi connectivity index (χ3v) is 5.99. The van der Waals surface area contributed by atoms with Crippen molar-refractivity contribution in [3.63, 3.8) is 0 Å². The number of rotatable bonds is 4. The molecule has 0 aliphatic heterocycles. The van der Waals surface area contributed by atoms with Crippen LogP contribution in [0.5, 0.6) is 0 Å². The van der Waals surface area contributed by atoms with E-state index in [4.69, 9.17) is 5.73 Å². The van der Waals surface area contributed by atoms with Crippen LogP contribution in [0.25, 0.3) is 32.6 Å². The Kier molecular flexibility index (Phi) is 4.30. The highest BCUT2D eigenvalue weighted by molar-refractivity contribution is 6.18. The van der Waals surface area contributed by atoms with Gasteiger partial charge in [-0.15, -0.1) is 0 Å². The predicted octanol–water partition coefficient (Wildman–Crippen LogP) is 4.90. The Labute approximate surface area is 174 Å². The summed E-state index contributed by atoms with van der Waals surface area (Å²) in [6.45, 7) is 2.75. The molecule has 0 unspecified atom stereocenters. The maximum Gasteiger partial charge on any atom is 0.249 e. The van der Waals surface area contributed by atoms with Gasteiger partial charge in [-0.1, -0.05) is 54.6 Å². The Balaban J connectivity index is 1.86. The number of amides is 1. The van der Waals surface area contributed by atoms with E-state index in [-0.39, 0.29) is 6.61 Å². The predicted molar refractivity (Wildman–Crippen MR) is 122 cm³/mol. The molecule has 5 rings (SSSR count). The van der Waals surface area contributed by atoms with Gasteiger partial charge in [0.1, 0.15) is 0 Å². The Bertz CT molecular complexity index is 1450. The van der Waals surface area contributed by atoms with Gasteiger partial charge in [0.25, 0.3) is 0 Å². The first-order valence-corrected chi connectivity index (χ1v) is 10.00. The van der Waals surface area contributed by atoms with E-state index in [0.29, 0.717) is 12.1 Å². The van der Waals surface area contributed by atoms with Crippen molar-refractivity contribution in [3.8, 4) is 0 Å². The molecule has 1 amide bonds. The van der Waals surface area contributed by atoms with Crippen LogP contribution in [-0.2, 0) is 13.2 Å². The van der Waals surface area contributed by atoms with Crippen LogP contribution < -0.4 is 5.73 Å². The lowest BCUT2D eigenvalue weighted by molar-refractivity contribution is 0.100. The minimum absolute atomic E-state index is 0.0343. The number of nitrogens with two attached hydrogens (primary N) is 1. The van der Waals surface area contributed by atoms with Gasteiger partial charge in [0.2, 0.25) is 5.91 Å². The Hall–Kier alpha value is -3.63. The number of aliphatic hydroxyl groups excluding tert-OH is 1. The standard InChI is InChI=1S/C26H22N2O2/c1-16-9-11-18-5-2-3-6-19(18)22(16)14-28-23-8-4-7-21(26(27)30)25(23)20-12-10-17(15-29)13-24(20)28/h2-13,29H,14-15H2,1H3,(H2,27,30). The second-order valence-corrected chi connectivity index (χ2v) is 7.74. The van der Waals surface area contributed by atoms with Crippen molar-refractivity contribution in [2.75, 3.05) is 0 Å². The molecule has 4 nitrogen and oxygen atoms in total. The van der Waals surface area contributed by atoms with E-state index in [1.807, 2.05) is 30.3 Å². The minimum Gasteiger partial charge on any atom is -0.392 e. The van der Waals surface area contributed by atoms with E-state index in [1.165, 1.54) is 21.9 Å². The normalized spacial score (nSPS) is 11.5. The lowest BCUT2D eigenvalue weighted by Crippen LogP contribution is -2.11. The highest BCUT2D eigenvalue weighted by Gasteiger charge is 2.18. The molecule has 1 heterocycles. The minimum atomic E-state index is -0.438. The van der Waals surface area contributed by atoms with Crippen molar-refractivity contribution in [2.45, 2.75) is 20.1 Å². The second kappa shape index (κ2) is 7.01. The molecule has 0 radical (unpaired) electrons. The average Bonchev–Trinajstić information content (AvgIpc) is 3.08. The van der Waals surface area contributed by atoms with Gasteiger partial charge in [0, 0.05) is 28.4 Å². The molecule has 0 aliphatic carbocycles. The van der Waals surface area contributed by atoms with Crippen LogP contribution in [0.1, 0.15) is 27.0 Å². The van der Waals surface area contributed by atoms with Gasteiger partial charge in [-0.05, 0) is 52.6 Å². The molecule has 0 bridgehead atoms. The van der Waals surface area contributed by atoms with E-state index in [1.54, 1.807) is 6.07 Å². The number of aliphatic hydroxyl groups is 1. The van der Waals surface area contributed by atoms with Crippen LogP contribution >= 0.6 is 0 Å². The molecule has 0 saturated heterocycles. The summed E-state index contributed by atoms with van der Waals surface area (Å²) in [6, 6.07) is 24.2. The molecule has 3 N–H and O–H groups in total. The van der Waals surface area contributed by atoms with Gasteiger partial charge >= 0.3 is 0 Å². The number of fused-ring (bicyclic) bond motifs is 4. The molecule has 0 aliphatic rings. The Morgan fingerprint density at radius 3 is 2.57 bits per heavy atom. The zero-order chi connectivity index (χ0) is 20.8. The first kappa shape index (κ1) is 18.4. The zero-order valence-corrected chi connectivity index (χ0v) is 16.7. The molecule has 0 fully saturated rings. The van der Waals surface area contributed by atoms with Crippen LogP contribution in [-0.4, -0.2) is 15.6 Å². The molecular weight excluding hydrogens is 372 g/mol. The quantitative estimate of drug-likeness (QED) is 0.455. The molecule has 0 saturated carbocycles. The van der Waals surface area contributed by atoms with E-state index in [0.717, 1.165) is 27.4 Å². The molecule has 0 spiro atoms. The lowest BCUT2D eigenvalue weighted by Gasteiger charge is -2.14. The summed E-state index contributed by atoms with van der Waals surface area (Å²) in [7, 11) is 0. The maximum absolute atomic E-state index is 12.2. The van der Waals surface area contributed by atoms with Crippen molar-refractivity contribution in [2.24, 2.45) is 5.73 Å². The molecule has 148 valence electrons. The first-order chi connectivity index (χ1) is 14.6. The van der Waals surface area contributed by atoms with Gasteiger partial charge < -0.3 is 15.4 Å². The number of benzene rings is 4. The van der Waals surface area contributed by atoms with E-state index >= 15 is 0 Å². The lowest BCUT2D eigenvalue weighted by atomic mass is 9.99. The summed E-state index contributed by atoms with van der Waals surface area (Å²) in [4.78, 5) is 12.2. The van der Waals surface area contributed by atoms with Gasteiger partial charge in [0.05, 0.1) is 12.1 Å². The number of aryl methyl sites for hydroxylation is 1. The summed E-state index contributed by atoms with van der Waals surface area (Å²) >= 11 is 0. The monoisotopic (exact) mass is 394 g/mol. The van der Waals surface area contributed by atoms with E-state index in [2.05, 4.69) is 47.9 Å². The van der Waals surface area contributed by atoms with Crippen LogP contribution in [0.3, 0.4) is 0 Å². The van der Waals surface area contributed by atoms with Crippen LogP contribution in [0.15, 0.2) is 72.8 Å². The van der Waals surface area contributed by atoms with Gasteiger partial charge in [-0.3, -0.25) is 4.79 Å². The van der Waals surface area contributed by atoms with Crippen molar-refractivity contribution < 1.29 is 9.90 Å². The molecule has 4 heteroatoms. The Morgan fingerprint density at radius 2 is 1.77 bits per heavy atom. The maximum atomic E-state index is 12.2. The Morgan fingerprint density at radius 1 is 0.933 bits per heavy atom. The SMILES string of the molecule is Cc1ccc2ccccc2c1Cn1c2cc(CO)ccc2c2c(C(N)=O)cccc21. The van der Waals surface area contributed by atoms with Gasteiger partial charge in [-0.25, -0.2) is 0 Å². The summed E-state index contributed by atoms with van der Waals surface area (Å²) in [5.41, 5.74) is 11.5. The third kappa shape index (κ3) is 2.77. The number of aromatic nitrogens is 1. The molecule has 5 aromatic rings. The summed E-state index contributed by atoms with van der Waals surface area (Å²) in [6.07, 6.45) is 0. The summed E-state index contributed by atoms with van der Waals surface area (Å²) in [5.74, 6) is -0.438. The fourth-order valence-corrected chi connectivity index (χ4v) is 4.48. The average molecular weight is 394 g/mol. The fourth-order valence-electron chi connectivity index (χ4n) is 4.48. The van der Waals surface area contributed by atoms with Crippen LogP contribution in [0, 0.1) is 6.92 Å². The van der Waals surface area contributed by atoms with E-state index < -0.39 is 5.91 Å². The fraction of sp³-hybridized carbons (Fsp3) is 0.115. The summed E-state index contributed by atoms with van der Waals surface area (Å²) in [5, 5.41) is 13.9. The number of carbonyl (C=O) groups is 1. The molecule has 0 atom stereocenters. The van der Waals surface area contributed by atoms with Crippen LogP contribution in [0.4, 0.5) is 0 Å². The van der Waals surface area contributed by atoms with Gasteiger partial charge in [-0.2, -0.15) is 0 Å². The molecule has 1 aromatic heterocycles. The summed E-state index contributed by atoms with van der Waals surface area (Å²) < 4.78 is 2.23. The molecular formula is C26H22N2O2. The number of hydrogen-bond acceptors (Lipinski definition) is 2. The number of carbonyl (C=O) groups excluding carboxylic acids is 1. The van der Waals surface area contributed by atoms with Crippen molar-refractivity contribution >= 4 is 38.5 Å². The highest BCUT2D eigenvalue weighted by Crippen LogP contribution is 2.34. The largest absolute Gasteiger partial charge is 0.392 e. The topological polar surface area (TPSA) is 68.2 Å². The zero-order valence-electron chi connectivity index (χ0n) is 16.7. The van der Waals surface area contributed by atoms with Crippen molar-refractivity contribution in [1.82, 2.24) is 4.57 Å². The van der Waals surface area contributed by atoms with Crippen LogP contribution in [0.2, 0.25) is 0 Å². The third-order valence-electron chi connectivity index (χ3n) is 5.99. The highest BCUT2D eigenvalue weighted by atomic mass is 16.3. The van der Waals surface area contributed by atoms with Crippen molar-refractivity contribution in [1.29, 1.82) is 0 Å². The first-order valence-electron chi connectivity index (χ1n) is 10.00. The van der Waals surface area contributed by atoms with Crippen molar-refractivity contribution in [3.05, 3.63) is 95.1 Å². The number of hydrogen-bond donors (Lipinski definition) is 2. The number of primary amides is 1. The number of nitrogens with zero attached hydrogens (tertiary/aromatic N) is 1. The van der Waals surface area contributed by atoms with E-state index in [9.17, 15) is 9.90 Å². The van der Waals surface area contributed by atoms with Gasteiger partial charge in [0.15, 0.2) is 0 Å². The molecule has 30 heavy (non-hydrogen) atoms. The molecule has 4 aromatic carbocycles. The second-order valence-electron chi connectivity index (χ2n) is 7.74.